The fraction of sp³-hybridized carbons (Fsp3) is 0.348. The van der Waals surface area contributed by atoms with E-state index in [9.17, 15) is 9.59 Å². The molecule has 0 spiro atoms. The summed E-state index contributed by atoms with van der Waals surface area (Å²) in [5, 5.41) is 4.02. The van der Waals surface area contributed by atoms with Gasteiger partial charge in [0.05, 0.1) is 18.9 Å². The van der Waals surface area contributed by atoms with E-state index in [-0.39, 0.29) is 11.9 Å². The van der Waals surface area contributed by atoms with Gasteiger partial charge in [0.25, 0.3) is 5.91 Å². The summed E-state index contributed by atoms with van der Waals surface area (Å²) >= 11 is 0. The molecule has 0 aliphatic carbocycles. The first kappa shape index (κ1) is 21.7. The average Bonchev–Trinajstić information content (AvgIpc) is 2.76. The Kier molecular flexibility index (Phi) is 7.70. The molecular formula is C23H30N4O3+2. The molecule has 0 unspecified atom stereocenters. The number of nitrogens with zero attached hydrogens (tertiary/aromatic N) is 1. The monoisotopic (exact) mass is 410 g/mol. The van der Waals surface area contributed by atoms with E-state index in [0.29, 0.717) is 12.1 Å². The van der Waals surface area contributed by atoms with Crippen LogP contribution in [0, 0.1) is 6.92 Å². The highest BCUT2D eigenvalue weighted by Crippen LogP contribution is 2.04. The van der Waals surface area contributed by atoms with E-state index >= 15 is 0 Å². The molecule has 30 heavy (non-hydrogen) atoms. The summed E-state index contributed by atoms with van der Waals surface area (Å²) in [6, 6.07) is 15.6. The zero-order chi connectivity index (χ0) is 21.3. The largest absolute Gasteiger partial charge is 0.465 e. The molecule has 158 valence electrons. The van der Waals surface area contributed by atoms with Gasteiger partial charge in [-0.1, -0.05) is 42.0 Å². The Morgan fingerprint density at radius 3 is 2.27 bits per heavy atom. The van der Waals surface area contributed by atoms with Crippen LogP contribution in [0.3, 0.4) is 0 Å². The van der Waals surface area contributed by atoms with Crippen LogP contribution in [-0.4, -0.2) is 57.9 Å². The van der Waals surface area contributed by atoms with Crippen molar-refractivity contribution in [1.29, 1.82) is 0 Å². The Bertz CT molecular complexity index is 870. The molecule has 7 heteroatoms. The van der Waals surface area contributed by atoms with Crippen LogP contribution < -0.4 is 15.2 Å². The minimum Gasteiger partial charge on any atom is -0.465 e. The molecule has 0 radical (unpaired) electrons. The number of methoxy groups -OCH3 is 1. The van der Waals surface area contributed by atoms with Gasteiger partial charge in [-0.05, 0) is 24.6 Å². The Labute approximate surface area is 177 Å². The van der Waals surface area contributed by atoms with Gasteiger partial charge in [-0.3, -0.25) is 4.79 Å². The lowest BCUT2D eigenvalue weighted by atomic mass is 10.1. The number of carbonyl (C=O) groups excluding carboxylic acids is 2. The maximum absolute atomic E-state index is 12.2. The number of rotatable bonds is 7. The fourth-order valence-electron chi connectivity index (χ4n) is 3.57. The van der Waals surface area contributed by atoms with Crippen LogP contribution in [0.4, 0.5) is 0 Å². The van der Waals surface area contributed by atoms with Crippen molar-refractivity contribution in [2.45, 2.75) is 13.5 Å². The number of carbonyl (C=O) groups is 2. The molecule has 0 bridgehead atoms. The summed E-state index contributed by atoms with van der Waals surface area (Å²) < 4.78 is 4.67. The van der Waals surface area contributed by atoms with E-state index in [0.717, 1.165) is 38.3 Å². The van der Waals surface area contributed by atoms with Crippen molar-refractivity contribution in [2.75, 3.05) is 39.8 Å². The predicted molar refractivity (Wildman–Crippen MR) is 115 cm³/mol. The van der Waals surface area contributed by atoms with Gasteiger partial charge >= 0.3 is 5.97 Å². The molecule has 1 saturated heterocycles. The molecule has 3 N–H and O–H groups in total. The Hall–Kier alpha value is -3.03. The van der Waals surface area contributed by atoms with Crippen molar-refractivity contribution in [3.05, 3.63) is 70.8 Å². The molecule has 1 heterocycles. The standard InChI is InChI=1S/C23H28N4O3/c1-18-3-5-20(6-4-18)16-26-11-13-27(14-12-26)17-22(28)25-24-15-19-7-9-21(10-8-19)23(29)30-2/h3-10,15H,11-14,16-17H2,1-2H3,(H,25,28)/p+2. The number of amides is 1. The summed E-state index contributed by atoms with van der Waals surface area (Å²) in [6.07, 6.45) is 1.57. The van der Waals surface area contributed by atoms with Crippen molar-refractivity contribution < 1.29 is 24.1 Å². The maximum Gasteiger partial charge on any atom is 0.337 e. The molecule has 2 aromatic rings. The zero-order valence-corrected chi connectivity index (χ0v) is 17.6. The molecule has 2 aromatic carbocycles. The second-order valence-electron chi connectivity index (χ2n) is 7.75. The second kappa shape index (κ2) is 10.7. The third-order valence-corrected chi connectivity index (χ3v) is 5.38. The third kappa shape index (κ3) is 6.50. The van der Waals surface area contributed by atoms with Crippen LogP contribution in [0.25, 0.3) is 0 Å². The number of aryl methyl sites for hydroxylation is 1. The number of ether oxygens (including phenoxy) is 1. The lowest BCUT2D eigenvalue weighted by molar-refractivity contribution is -1.02. The van der Waals surface area contributed by atoms with Gasteiger partial charge in [-0.2, -0.15) is 5.10 Å². The minimum absolute atomic E-state index is 0.0885. The SMILES string of the molecule is COC(=O)c1ccc(C=NNC(=O)C[NH+]2CC[NH+](Cc3ccc(C)cc3)CC2)cc1. The van der Waals surface area contributed by atoms with Crippen LogP contribution in [-0.2, 0) is 16.1 Å². The number of quaternary nitrogens is 2. The molecule has 1 aliphatic heterocycles. The average molecular weight is 411 g/mol. The molecule has 0 saturated carbocycles. The first-order valence-electron chi connectivity index (χ1n) is 10.3. The minimum atomic E-state index is -0.379. The summed E-state index contributed by atoms with van der Waals surface area (Å²) in [5.41, 5.74) is 6.52. The summed E-state index contributed by atoms with van der Waals surface area (Å²) in [4.78, 5) is 26.5. The predicted octanol–water partition coefficient (Wildman–Crippen LogP) is -0.785. The highest BCUT2D eigenvalue weighted by atomic mass is 16.5. The molecule has 3 rings (SSSR count). The number of piperazine rings is 1. The van der Waals surface area contributed by atoms with E-state index in [4.69, 9.17) is 0 Å². The summed E-state index contributed by atoms with van der Waals surface area (Å²) in [7, 11) is 1.35. The van der Waals surface area contributed by atoms with Crippen LogP contribution in [0.5, 0.6) is 0 Å². The summed E-state index contributed by atoms with van der Waals surface area (Å²) in [6.45, 7) is 7.66. The molecular weight excluding hydrogens is 380 g/mol. The Balaban J connectivity index is 1.38. The van der Waals surface area contributed by atoms with Crippen molar-refractivity contribution in [3.63, 3.8) is 0 Å². The van der Waals surface area contributed by atoms with Crippen molar-refractivity contribution in [1.82, 2.24) is 5.43 Å². The Morgan fingerprint density at radius 2 is 1.63 bits per heavy atom. The van der Waals surface area contributed by atoms with Crippen LogP contribution >= 0.6 is 0 Å². The second-order valence-corrected chi connectivity index (χ2v) is 7.75. The number of esters is 1. The number of hydrazone groups is 1. The van der Waals surface area contributed by atoms with Gasteiger partial charge in [-0.15, -0.1) is 0 Å². The molecule has 0 aromatic heterocycles. The zero-order valence-electron chi connectivity index (χ0n) is 17.6. The van der Waals surface area contributed by atoms with Gasteiger partial charge in [-0.25, -0.2) is 10.2 Å². The third-order valence-electron chi connectivity index (χ3n) is 5.38. The number of hydrogen-bond donors (Lipinski definition) is 3. The van der Waals surface area contributed by atoms with Gasteiger partial charge in [0.15, 0.2) is 6.54 Å². The van der Waals surface area contributed by atoms with Crippen molar-refractivity contribution >= 4 is 18.1 Å². The Morgan fingerprint density at radius 1 is 1.00 bits per heavy atom. The summed E-state index contributed by atoms with van der Waals surface area (Å²) in [5.74, 6) is -0.468. The first-order valence-corrected chi connectivity index (χ1v) is 10.3. The van der Waals surface area contributed by atoms with E-state index in [1.807, 2.05) is 0 Å². The highest BCUT2D eigenvalue weighted by Gasteiger charge is 2.24. The van der Waals surface area contributed by atoms with Crippen LogP contribution in [0.15, 0.2) is 53.6 Å². The normalized spacial score (nSPS) is 18.9. The quantitative estimate of drug-likeness (QED) is 0.318. The molecule has 1 amide bonds. The van der Waals surface area contributed by atoms with Gasteiger partial charge in [0, 0.05) is 5.56 Å². The maximum atomic E-state index is 12.2. The number of hydrogen-bond acceptors (Lipinski definition) is 4. The smallest absolute Gasteiger partial charge is 0.337 e. The van der Waals surface area contributed by atoms with Gasteiger partial charge in [0.1, 0.15) is 32.7 Å². The fourth-order valence-corrected chi connectivity index (χ4v) is 3.57. The topological polar surface area (TPSA) is 76.6 Å². The lowest BCUT2D eigenvalue weighted by Crippen LogP contribution is -3.28. The molecule has 1 fully saturated rings. The lowest BCUT2D eigenvalue weighted by Gasteiger charge is -2.29. The van der Waals surface area contributed by atoms with Crippen molar-refractivity contribution in [3.8, 4) is 0 Å². The van der Waals surface area contributed by atoms with Crippen LogP contribution in [0.2, 0.25) is 0 Å². The van der Waals surface area contributed by atoms with Gasteiger partial charge in [0.2, 0.25) is 0 Å². The van der Waals surface area contributed by atoms with E-state index in [1.165, 1.54) is 23.1 Å². The van der Waals surface area contributed by atoms with Crippen molar-refractivity contribution in [2.24, 2.45) is 5.10 Å². The molecule has 7 nitrogen and oxygen atoms in total. The number of nitrogens with one attached hydrogen (secondary N) is 3. The van der Waals surface area contributed by atoms with E-state index in [1.54, 1.807) is 35.4 Å². The van der Waals surface area contributed by atoms with Gasteiger partial charge < -0.3 is 14.5 Å². The molecule has 0 atom stereocenters. The van der Waals surface area contributed by atoms with Crippen LogP contribution in [0.1, 0.15) is 27.0 Å². The first-order chi connectivity index (χ1) is 14.5. The number of benzene rings is 2. The molecule has 1 aliphatic rings. The van der Waals surface area contributed by atoms with E-state index < -0.39 is 0 Å². The highest BCUT2D eigenvalue weighted by molar-refractivity contribution is 5.90. The van der Waals surface area contributed by atoms with E-state index in [2.05, 4.69) is 46.5 Å².